The molecule has 27 heavy (non-hydrogen) atoms. The van der Waals surface area contributed by atoms with Crippen LogP contribution in [0.5, 0.6) is 0 Å². The summed E-state index contributed by atoms with van der Waals surface area (Å²) >= 11 is 2.90. The van der Waals surface area contributed by atoms with Crippen LogP contribution < -0.4 is 5.32 Å². The van der Waals surface area contributed by atoms with Crippen LogP contribution >= 0.6 is 23.1 Å². The van der Waals surface area contributed by atoms with Gasteiger partial charge < -0.3 is 5.32 Å². The lowest BCUT2D eigenvalue weighted by Gasteiger charge is -2.07. The minimum absolute atomic E-state index is 0.173. The normalized spacial score (nSPS) is 10.9. The molecule has 1 amide bonds. The minimum Gasteiger partial charge on any atom is -0.325 e. The number of thiophene rings is 1. The number of hydrogen-bond acceptors (Lipinski definition) is 5. The van der Waals surface area contributed by atoms with Crippen molar-refractivity contribution in [3.8, 4) is 11.1 Å². The Morgan fingerprint density at radius 3 is 2.78 bits per heavy atom. The van der Waals surface area contributed by atoms with Crippen LogP contribution in [0.1, 0.15) is 0 Å². The maximum atomic E-state index is 13.2. The zero-order valence-corrected chi connectivity index (χ0v) is 15.7. The van der Waals surface area contributed by atoms with Crippen LogP contribution in [-0.2, 0) is 4.79 Å². The van der Waals surface area contributed by atoms with Crippen LogP contribution in [0.4, 0.5) is 10.1 Å². The summed E-state index contributed by atoms with van der Waals surface area (Å²) in [5.74, 6) is -0.426. The van der Waals surface area contributed by atoms with Gasteiger partial charge in [-0.05, 0) is 23.8 Å². The van der Waals surface area contributed by atoms with Gasteiger partial charge in [-0.2, -0.15) is 0 Å². The first-order valence-electron chi connectivity index (χ1n) is 8.16. The van der Waals surface area contributed by atoms with E-state index in [1.807, 2.05) is 30.3 Å². The average molecular weight is 395 g/mol. The first kappa shape index (κ1) is 17.6. The van der Waals surface area contributed by atoms with E-state index < -0.39 is 0 Å². The van der Waals surface area contributed by atoms with Crippen LogP contribution in [0.15, 0.2) is 71.3 Å². The Labute approximate surface area is 163 Å². The van der Waals surface area contributed by atoms with Crippen LogP contribution in [0.3, 0.4) is 0 Å². The highest BCUT2D eigenvalue weighted by Crippen LogP contribution is 2.37. The number of aromatic nitrogens is 2. The highest BCUT2D eigenvalue weighted by Gasteiger charge is 2.14. The third-order valence-corrected chi connectivity index (χ3v) is 5.74. The molecular weight excluding hydrogens is 381 g/mol. The van der Waals surface area contributed by atoms with E-state index in [0.29, 0.717) is 5.69 Å². The molecule has 0 saturated heterocycles. The van der Waals surface area contributed by atoms with Crippen LogP contribution in [0.2, 0.25) is 0 Å². The summed E-state index contributed by atoms with van der Waals surface area (Å²) in [5.41, 5.74) is 2.59. The molecule has 2 aromatic heterocycles. The molecule has 0 spiro atoms. The second kappa shape index (κ2) is 7.85. The first-order valence-corrected chi connectivity index (χ1v) is 10.0. The molecule has 0 radical (unpaired) electrons. The molecule has 0 aliphatic rings. The smallest absolute Gasteiger partial charge is 0.234 e. The SMILES string of the molecule is O=C(CSc1ncnc2scc(-c3ccccc3)c12)Nc1cccc(F)c1. The molecule has 4 nitrogen and oxygen atoms in total. The number of fused-ring (bicyclic) bond motifs is 1. The molecule has 0 bridgehead atoms. The van der Waals surface area contributed by atoms with Crippen LogP contribution in [0, 0.1) is 5.82 Å². The van der Waals surface area contributed by atoms with E-state index in [2.05, 4.69) is 20.7 Å². The van der Waals surface area contributed by atoms with Gasteiger partial charge in [-0.3, -0.25) is 4.79 Å². The largest absolute Gasteiger partial charge is 0.325 e. The topological polar surface area (TPSA) is 54.9 Å². The predicted octanol–water partition coefficient (Wildman–Crippen LogP) is 5.23. The third-order valence-electron chi connectivity index (χ3n) is 3.87. The molecule has 0 fully saturated rings. The zero-order valence-electron chi connectivity index (χ0n) is 14.1. The van der Waals surface area contributed by atoms with Gasteiger partial charge in [-0.25, -0.2) is 14.4 Å². The molecule has 2 heterocycles. The lowest BCUT2D eigenvalue weighted by molar-refractivity contribution is -0.113. The number of carbonyl (C=O) groups is 1. The van der Waals surface area contributed by atoms with Gasteiger partial charge in [0.2, 0.25) is 5.91 Å². The number of halogens is 1. The van der Waals surface area contributed by atoms with E-state index in [-0.39, 0.29) is 17.5 Å². The maximum Gasteiger partial charge on any atom is 0.234 e. The molecule has 4 rings (SSSR count). The molecule has 0 unspecified atom stereocenters. The minimum atomic E-state index is -0.385. The van der Waals surface area contributed by atoms with Crippen molar-refractivity contribution in [3.63, 3.8) is 0 Å². The standard InChI is InChI=1S/C20H14FN3OS2/c21-14-7-4-8-15(9-14)24-17(25)11-27-20-18-16(13-5-2-1-3-6-13)10-26-19(18)22-12-23-20/h1-10,12H,11H2,(H,24,25). The molecule has 0 aliphatic heterocycles. The molecule has 2 aromatic carbocycles. The van der Waals surface area contributed by atoms with E-state index in [1.165, 1.54) is 30.2 Å². The van der Waals surface area contributed by atoms with E-state index >= 15 is 0 Å². The van der Waals surface area contributed by atoms with Gasteiger partial charge in [0, 0.05) is 16.6 Å². The maximum absolute atomic E-state index is 13.2. The van der Waals surface area contributed by atoms with Crippen molar-refractivity contribution in [2.24, 2.45) is 0 Å². The molecule has 134 valence electrons. The molecule has 4 aromatic rings. The number of thioether (sulfide) groups is 1. The van der Waals surface area contributed by atoms with Crippen LogP contribution in [0.25, 0.3) is 21.3 Å². The molecule has 0 saturated carbocycles. The fourth-order valence-electron chi connectivity index (χ4n) is 2.68. The van der Waals surface area contributed by atoms with Crippen molar-refractivity contribution in [3.05, 3.63) is 72.1 Å². The highest BCUT2D eigenvalue weighted by atomic mass is 32.2. The van der Waals surface area contributed by atoms with Crippen molar-refractivity contribution in [1.82, 2.24) is 9.97 Å². The fourth-order valence-corrected chi connectivity index (χ4v) is 4.48. The summed E-state index contributed by atoms with van der Waals surface area (Å²) in [6, 6.07) is 15.9. The number of amides is 1. The Morgan fingerprint density at radius 1 is 1.11 bits per heavy atom. The Balaban J connectivity index is 1.55. The predicted molar refractivity (Wildman–Crippen MR) is 109 cm³/mol. The van der Waals surface area contributed by atoms with Gasteiger partial charge in [-0.1, -0.05) is 48.2 Å². The van der Waals surface area contributed by atoms with Gasteiger partial charge in [-0.15, -0.1) is 11.3 Å². The average Bonchev–Trinajstić information content (AvgIpc) is 3.12. The van der Waals surface area contributed by atoms with Crippen molar-refractivity contribution in [2.75, 3.05) is 11.1 Å². The van der Waals surface area contributed by atoms with E-state index in [0.717, 1.165) is 26.4 Å². The van der Waals surface area contributed by atoms with Gasteiger partial charge in [0.25, 0.3) is 0 Å². The Morgan fingerprint density at radius 2 is 1.96 bits per heavy atom. The number of hydrogen-bond donors (Lipinski definition) is 1. The molecule has 0 atom stereocenters. The molecule has 0 aliphatic carbocycles. The second-order valence-corrected chi connectivity index (χ2v) is 7.54. The van der Waals surface area contributed by atoms with Crippen LogP contribution in [-0.4, -0.2) is 21.6 Å². The van der Waals surface area contributed by atoms with Gasteiger partial charge in [0.05, 0.1) is 11.1 Å². The summed E-state index contributed by atoms with van der Waals surface area (Å²) in [7, 11) is 0. The Hall–Kier alpha value is -2.77. The first-order chi connectivity index (χ1) is 13.2. The number of nitrogens with zero attached hydrogens (tertiary/aromatic N) is 2. The Bertz CT molecular complexity index is 1100. The summed E-state index contributed by atoms with van der Waals surface area (Å²) in [5, 5.41) is 6.48. The number of benzene rings is 2. The number of anilines is 1. The van der Waals surface area contributed by atoms with E-state index in [9.17, 15) is 9.18 Å². The Kier molecular flexibility index (Phi) is 5.13. The third kappa shape index (κ3) is 3.99. The quantitative estimate of drug-likeness (QED) is 0.371. The van der Waals surface area contributed by atoms with Crippen molar-refractivity contribution in [1.29, 1.82) is 0 Å². The monoisotopic (exact) mass is 395 g/mol. The number of carbonyl (C=O) groups excluding carboxylic acids is 1. The molecule has 1 N–H and O–H groups in total. The van der Waals surface area contributed by atoms with Crippen molar-refractivity contribution in [2.45, 2.75) is 5.03 Å². The van der Waals surface area contributed by atoms with Crippen molar-refractivity contribution < 1.29 is 9.18 Å². The van der Waals surface area contributed by atoms with Gasteiger partial charge in [0.15, 0.2) is 0 Å². The number of nitrogens with one attached hydrogen (secondary N) is 1. The van der Waals surface area contributed by atoms with Gasteiger partial charge in [0.1, 0.15) is 22.0 Å². The number of rotatable bonds is 5. The van der Waals surface area contributed by atoms with E-state index in [4.69, 9.17) is 0 Å². The fraction of sp³-hybridized carbons (Fsp3) is 0.0500. The summed E-state index contributed by atoms with van der Waals surface area (Å²) in [6.45, 7) is 0. The van der Waals surface area contributed by atoms with Crippen molar-refractivity contribution >= 4 is 44.9 Å². The highest BCUT2D eigenvalue weighted by molar-refractivity contribution is 8.00. The summed E-state index contributed by atoms with van der Waals surface area (Å²) < 4.78 is 13.2. The second-order valence-electron chi connectivity index (χ2n) is 5.72. The summed E-state index contributed by atoms with van der Waals surface area (Å²) in [4.78, 5) is 21.8. The summed E-state index contributed by atoms with van der Waals surface area (Å²) in [6.07, 6.45) is 1.51. The lowest BCUT2D eigenvalue weighted by atomic mass is 10.1. The molecular formula is C20H14FN3OS2. The van der Waals surface area contributed by atoms with Gasteiger partial charge >= 0.3 is 0 Å². The van der Waals surface area contributed by atoms with E-state index in [1.54, 1.807) is 23.5 Å². The molecule has 7 heteroatoms. The zero-order chi connectivity index (χ0) is 18.6. The lowest BCUT2D eigenvalue weighted by Crippen LogP contribution is -2.14.